The predicted octanol–water partition coefficient (Wildman–Crippen LogP) is 2.70. The van der Waals surface area contributed by atoms with Gasteiger partial charge in [0.2, 0.25) is 0 Å². The van der Waals surface area contributed by atoms with Crippen molar-refractivity contribution in [2.45, 2.75) is 19.6 Å². The van der Waals surface area contributed by atoms with Gasteiger partial charge in [0.25, 0.3) is 0 Å². The van der Waals surface area contributed by atoms with Gasteiger partial charge < -0.3 is 14.8 Å². The number of aliphatic hydroxyl groups is 1. The molecule has 1 heterocycles. The van der Waals surface area contributed by atoms with Gasteiger partial charge in [0.05, 0.1) is 11.1 Å². The molecule has 0 aliphatic heterocycles. The molecule has 0 aliphatic rings. The van der Waals surface area contributed by atoms with Crippen LogP contribution in [0.5, 0.6) is 0 Å². The highest BCUT2D eigenvalue weighted by molar-refractivity contribution is 6.35. The maximum atomic E-state index is 9.19. The molecule has 0 amide bonds. The normalized spacial score (nSPS) is 12.6. The molecule has 0 aliphatic carbocycles. The van der Waals surface area contributed by atoms with Gasteiger partial charge in [0.15, 0.2) is 5.76 Å². The summed E-state index contributed by atoms with van der Waals surface area (Å²) in [6.45, 7) is 3.09. The first-order valence-electron chi connectivity index (χ1n) is 6.10. The predicted molar refractivity (Wildman–Crippen MR) is 76.3 cm³/mol. The van der Waals surface area contributed by atoms with Gasteiger partial charge >= 0.3 is 0 Å². The smallest absolute Gasteiger partial charge is 0.158 e. The van der Waals surface area contributed by atoms with Crippen LogP contribution in [0.4, 0.5) is 0 Å². The van der Waals surface area contributed by atoms with Crippen molar-refractivity contribution >= 4 is 23.2 Å². The lowest BCUT2D eigenvalue weighted by atomic mass is 10.2. The molecule has 0 saturated carbocycles. The minimum Gasteiger partial charge on any atom is -0.455 e. The van der Waals surface area contributed by atoms with Crippen molar-refractivity contribution in [3.63, 3.8) is 0 Å². The third-order valence-electron chi connectivity index (χ3n) is 2.71. The van der Waals surface area contributed by atoms with E-state index in [-0.39, 0.29) is 6.10 Å². The Kier molecular flexibility index (Phi) is 4.88. The molecule has 0 spiro atoms. The molecule has 2 aromatic rings. The summed E-state index contributed by atoms with van der Waals surface area (Å²) in [5, 5.41) is 12.4. The molecule has 3 nitrogen and oxygen atoms in total. The van der Waals surface area contributed by atoms with Crippen LogP contribution in [-0.2, 0) is 6.54 Å². The van der Waals surface area contributed by atoms with Crippen molar-refractivity contribution in [1.29, 1.82) is 0 Å². The summed E-state index contributed by atoms with van der Waals surface area (Å²) >= 11 is 12.1. The summed E-state index contributed by atoms with van der Waals surface area (Å²) in [4.78, 5) is 0. The SMILES string of the molecule is C[C@@H](O)C[NH2+]Cc1ccc(-c2cc(Cl)ccc2Cl)o1. The van der Waals surface area contributed by atoms with Gasteiger partial charge in [-0.05, 0) is 37.3 Å². The van der Waals surface area contributed by atoms with Crippen molar-refractivity contribution in [1.82, 2.24) is 0 Å². The van der Waals surface area contributed by atoms with Crippen LogP contribution in [0.2, 0.25) is 10.0 Å². The van der Waals surface area contributed by atoms with Crippen molar-refractivity contribution < 1.29 is 14.8 Å². The highest BCUT2D eigenvalue weighted by atomic mass is 35.5. The van der Waals surface area contributed by atoms with Crippen molar-refractivity contribution in [2.75, 3.05) is 6.54 Å². The third kappa shape index (κ3) is 3.98. The standard InChI is InChI=1S/C14H15Cl2NO2/c1-9(18)7-17-8-11-3-5-14(19-11)12-6-10(15)2-4-13(12)16/h2-6,9,17-18H,7-8H2,1H3/p+1/t9-/m1/s1. The zero-order valence-electron chi connectivity index (χ0n) is 10.6. The van der Waals surface area contributed by atoms with Crippen LogP contribution in [-0.4, -0.2) is 17.8 Å². The molecule has 19 heavy (non-hydrogen) atoms. The quantitative estimate of drug-likeness (QED) is 0.892. The second kappa shape index (κ2) is 6.44. The van der Waals surface area contributed by atoms with Crippen molar-refractivity contribution in [3.05, 3.63) is 46.1 Å². The summed E-state index contributed by atoms with van der Waals surface area (Å²) in [6, 6.07) is 9.06. The average Bonchev–Trinajstić information content (AvgIpc) is 2.80. The number of hydrogen-bond acceptors (Lipinski definition) is 2. The van der Waals surface area contributed by atoms with Crippen LogP contribution in [0.1, 0.15) is 12.7 Å². The van der Waals surface area contributed by atoms with Crippen molar-refractivity contribution in [2.24, 2.45) is 0 Å². The summed E-state index contributed by atoms with van der Waals surface area (Å²) in [5.41, 5.74) is 0.788. The lowest BCUT2D eigenvalue weighted by Crippen LogP contribution is -2.84. The van der Waals surface area contributed by atoms with E-state index in [2.05, 4.69) is 0 Å². The second-order valence-corrected chi connectivity index (χ2v) is 5.31. The van der Waals surface area contributed by atoms with E-state index in [1.165, 1.54) is 0 Å². The lowest BCUT2D eigenvalue weighted by molar-refractivity contribution is -0.677. The number of quaternary nitrogens is 1. The lowest BCUT2D eigenvalue weighted by Gasteiger charge is -2.03. The number of furan rings is 1. The van der Waals surface area contributed by atoms with Crippen LogP contribution < -0.4 is 5.32 Å². The third-order valence-corrected chi connectivity index (χ3v) is 3.27. The van der Waals surface area contributed by atoms with E-state index in [1.807, 2.05) is 17.4 Å². The summed E-state index contributed by atoms with van der Waals surface area (Å²) in [5.74, 6) is 1.54. The van der Waals surface area contributed by atoms with Crippen LogP contribution in [0.25, 0.3) is 11.3 Å². The monoisotopic (exact) mass is 300 g/mol. The van der Waals surface area contributed by atoms with Gasteiger partial charge in [0.1, 0.15) is 18.8 Å². The first-order valence-corrected chi connectivity index (χ1v) is 6.85. The van der Waals surface area contributed by atoms with E-state index >= 15 is 0 Å². The van der Waals surface area contributed by atoms with E-state index in [1.54, 1.807) is 25.1 Å². The zero-order chi connectivity index (χ0) is 13.8. The molecule has 5 heteroatoms. The largest absolute Gasteiger partial charge is 0.455 e. The van der Waals surface area contributed by atoms with Gasteiger partial charge in [0, 0.05) is 10.6 Å². The molecule has 3 N–H and O–H groups in total. The highest BCUT2D eigenvalue weighted by Crippen LogP contribution is 2.31. The Balaban J connectivity index is 2.10. The van der Waals surface area contributed by atoms with Gasteiger partial charge in [-0.25, -0.2) is 0 Å². The molecule has 0 unspecified atom stereocenters. The number of hydrogen-bond donors (Lipinski definition) is 2. The molecule has 2 rings (SSSR count). The molecule has 1 aromatic carbocycles. The Hall–Kier alpha value is -1.00. The number of aliphatic hydroxyl groups excluding tert-OH is 1. The molecular formula is C14H16Cl2NO2+. The molecule has 0 bridgehead atoms. The van der Waals surface area contributed by atoms with E-state index < -0.39 is 0 Å². The zero-order valence-corrected chi connectivity index (χ0v) is 12.1. The Bertz CT molecular complexity index is 552. The van der Waals surface area contributed by atoms with Crippen LogP contribution >= 0.6 is 23.2 Å². The minimum absolute atomic E-state index is 0.322. The minimum atomic E-state index is -0.322. The van der Waals surface area contributed by atoms with E-state index in [4.69, 9.17) is 27.6 Å². The summed E-state index contributed by atoms with van der Waals surface area (Å²) in [7, 11) is 0. The van der Waals surface area contributed by atoms with Gasteiger partial charge in [-0.15, -0.1) is 0 Å². The maximum absolute atomic E-state index is 9.19. The molecule has 1 aromatic heterocycles. The number of nitrogens with two attached hydrogens (primary N) is 1. The van der Waals surface area contributed by atoms with E-state index in [0.717, 1.165) is 11.3 Å². The number of halogens is 2. The first-order chi connectivity index (χ1) is 9.06. The van der Waals surface area contributed by atoms with Gasteiger partial charge in [-0.3, -0.25) is 0 Å². The molecular weight excluding hydrogens is 285 g/mol. The number of benzene rings is 1. The molecule has 0 saturated heterocycles. The Morgan fingerprint density at radius 3 is 2.79 bits per heavy atom. The number of rotatable bonds is 5. The highest BCUT2D eigenvalue weighted by Gasteiger charge is 2.10. The maximum Gasteiger partial charge on any atom is 0.158 e. The summed E-state index contributed by atoms with van der Waals surface area (Å²) in [6.07, 6.45) is -0.322. The second-order valence-electron chi connectivity index (χ2n) is 4.47. The van der Waals surface area contributed by atoms with Crippen molar-refractivity contribution in [3.8, 4) is 11.3 Å². The first kappa shape index (κ1) is 14.4. The molecule has 0 radical (unpaired) electrons. The van der Waals surface area contributed by atoms with Crippen LogP contribution in [0.3, 0.4) is 0 Å². The topological polar surface area (TPSA) is 50.0 Å². The van der Waals surface area contributed by atoms with E-state index in [9.17, 15) is 5.11 Å². The Morgan fingerprint density at radius 2 is 2.05 bits per heavy atom. The molecule has 1 atom stereocenters. The van der Waals surface area contributed by atoms with Gasteiger partial charge in [-0.2, -0.15) is 0 Å². The molecule has 0 fully saturated rings. The fourth-order valence-electron chi connectivity index (χ4n) is 1.79. The fraction of sp³-hybridized carbons (Fsp3) is 0.286. The Labute approximate surface area is 122 Å². The Morgan fingerprint density at radius 1 is 1.26 bits per heavy atom. The van der Waals surface area contributed by atoms with Crippen LogP contribution in [0, 0.1) is 0 Å². The summed E-state index contributed by atoms with van der Waals surface area (Å²) < 4.78 is 5.73. The van der Waals surface area contributed by atoms with Crippen LogP contribution in [0.15, 0.2) is 34.7 Å². The average molecular weight is 301 g/mol. The molecule has 102 valence electrons. The van der Waals surface area contributed by atoms with E-state index in [0.29, 0.717) is 28.9 Å². The fourth-order valence-corrected chi connectivity index (χ4v) is 2.17. The van der Waals surface area contributed by atoms with Gasteiger partial charge in [-0.1, -0.05) is 23.2 Å².